The van der Waals surface area contributed by atoms with Crippen LogP contribution < -0.4 is 0 Å². The molecule has 0 atom stereocenters. The zero-order valence-electron chi connectivity index (χ0n) is 12.1. The van der Waals surface area contributed by atoms with Gasteiger partial charge < -0.3 is 5.11 Å². The quantitative estimate of drug-likeness (QED) is 0.911. The molecular weight excluding hydrogens is 246 g/mol. The predicted molar refractivity (Wildman–Crippen MR) is 76.2 cm³/mol. The first-order valence-corrected chi connectivity index (χ1v) is 6.90. The van der Waals surface area contributed by atoms with Crippen LogP contribution in [0.25, 0.3) is 0 Å². The van der Waals surface area contributed by atoms with Crippen molar-refractivity contribution in [3.63, 3.8) is 0 Å². The van der Waals surface area contributed by atoms with Crippen molar-refractivity contribution >= 4 is 17.3 Å². The maximum absolute atomic E-state index is 11.2. The summed E-state index contributed by atoms with van der Waals surface area (Å²) in [6.45, 7) is 10.7. The normalized spacial score (nSPS) is 13.1. The van der Waals surface area contributed by atoms with Gasteiger partial charge in [0.1, 0.15) is 5.54 Å². The lowest BCUT2D eigenvalue weighted by atomic mass is 9.95. The Balaban J connectivity index is 2.80. The molecule has 0 fully saturated rings. The van der Waals surface area contributed by atoms with Crippen LogP contribution in [0.2, 0.25) is 0 Å². The highest BCUT2D eigenvalue weighted by Gasteiger charge is 2.32. The molecule has 102 valence electrons. The summed E-state index contributed by atoms with van der Waals surface area (Å²) >= 11 is 1.76. The third-order valence-corrected chi connectivity index (χ3v) is 4.77. The molecule has 0 aromatic carbocycles. The Bertz CT molecular complexity index is 429. The molecule has 1 aromatic heterocycles. The second kappa shape index (κ2) is 5.02. The van der Waals surface area contributed by atoms with Crippen molar-refractivity contribution in [3.8, 4) is 0 Å². The minimum Gasteiger partial charge on any atom is -0.480 e. The van der Waals surface area contributed by atoms with E-state index in [-0.39, 0.29) is 5.41 Å². The highest BCUT2D eigenvalue weighted by Crippen LogP contribution is 2.30. The SMILES string of the molecule is CN(Cc1ccc(C(C)(C)C)s1)C(C)(C)C(=O)O. The molecule has 0 unspecified atom stereocenters. The predicted octanol–water partition coefficient (Wildman–Crippen LogP) is 3.34. The molecule has 0 aliphatic rings. The summed E-state index contributed by atoms with van der Waals surface area (Å²) in [5, 5.41) is 9.19. The lowest BCUT2D eigenvalue weighted by Crippen LogP contribution is -2.47. The van der Waals surface area contributed by atoms with E-state index < -0.39 is 11.5 Å². The smallest absolute Gasteiger partial charge is 0.323 e. The Morgan fingerprint density at radius 3 is 2.22 bits per heavy atom. The molecule has 0 aliphatic carbocycles. The summed E-state index contributed by atoms with van der Waals surface area (Å²) in [7, 11) is 1.85. The van der Waals surface area contributed by atoms with E-state index in [9.17, 15) is 9.90 Å². The molecule has 0 saturated heterocycles. The van der Waals surface area contributed by atoms with Crippen molar-refractivity contribution < 1.29 is 9.90 Å². The zero-order valence-corrected chi connectivity index (χ0v) is 12.9. The third-order valence-electron chi connectivity index (χ3n) is 3.27. The Morgan fingerprint density at radius 2 is 1.83 bits per heavy atom. The molecule has 1 heterocycles. The number of carboxylic acid groups (broad SMARTS) is 1. The van der Waals surface area contributed by atoms with E-state index in [1.807, 2.05) is 11.9 Å². The Hall–Kier alpha value is -0.870. The molecule has 1 rings (SSSR count). The van der Waals surface area contributed by atoms with Gasteiger partial charge in [0.15, 0.2) is 0 Å². The minimum atomic E-state index is -0.841. The van der Waals surface area contributed by atoms with Gasteiger partial charge in [-0.3, -0.25) is 9.69 Å². The fourth-order valence-electron chi connectivity index (χ4n) is 1.46. The number of carboxylic acids is 1. The van der Waals surface area contributed by atoms with Gasteiger partial charge in [0.2, 0.25) is 0 Å². The van der Waals surface area contributed by atoms with Gasteiger partial charge in [-0.2, -0.15) is 0 Å². The fourth-order valence-corrected chi connectivity index (χ4v) is 2.58. The molecule has 0 aliphatic heterocycles. The molecule has 0 radical (unpaired) electrons. The van der Waals surface area contributed by atoms with Crippen LogP contribution in [0, 0.1) is 0 Å². The lowest BCUT2D eigenvalue weighted by molar-refractivity contribution is -0.148. The Kier molecular flexibility index (Phi) is 4.23. The monoisotopic (exact) mass is 269 g/mol. The second-order valence-electron chi connectivity index (χ2n) is 6.24. The molecule has 0 saturated carbocycles. The van der Waals surface area contributed by atoms with E-state index in [1.54, 1.807) is 25.2 Å². The molecule has 0 amide bonds. The van der Waals surface area contributed by atoms with Crippen molar-refractivity contribution in [2.24, 2.45) is 0 Å². The Labute approximate surface area is 113 Å². The number of aliphatic carboxylic acids is 1. The topological polar surface area (TPSA) is 40.5 Å². The first kappa shape index (κ1) is 15.2. The number of hydrogen-bond donors (Lipinski definition) is 1. The first-order valence-electron chi connectivity index (χ1n) is 6.09. The van der Waals surface area contributed by atoms with Crippen LogP contribution in [-0.2, 0) is 16.8 Å². The summed E-state index contributed by atoms with van der Waals surface area (Å²) < 4.78 is 0. The summed E-state index contributed by atoms with van der Waals surface area (Å²) in [6.07, 6.45) is 0. The van der Waals surface area contributed by atoms with E-state index in [1.165, 1.54) is 9.75 Å². The molecule has 0 bridgehead atoms. The molecule has 4 heteroatoms. The number of thiophene rings is 1. The van der Waals surface area contributed by atoms with Crippen molar-refractivity contribution in [1.82, 2.24) is 4.90 Å². The van der Waals surface area contributed by atoms with Crippen molar-refractivity contribution in [2.45, 2.75) is 52.1 Å². The molecule has 1 N–H and O–H groups in total. The van der Waals surface area contributed by atoms with Crippen LogP contribution in [0.3, 0.4) is 0 Å². The fraction of sp³-hybridized carbons (Fsp3) is 0.643. The molecule has 3 nitrogen and oxygen atoms in total. The summed E-state index contributed by atoms with van der Waals surface area (Å²) in [5.74, 6) is -0.794. The maximum Gasteiger partial charge on any atom is 0.323 e. The van der Waals surface area contributed by atoms with Crippen LogP contribution in [0.4, 0.5) is 0 Å². The van der Waals surface area contributed by atoms with Gasteiger partial charge in [0.05, 0.1) is 0 Å². The van der Waals surface area contributed by atoms with Crippen LogP contribution in [0.5, 0.6) is 0 Å². The van der Waals surface area contributed by atoms with Gasteiger partial charge in [-0.05, 0) is 38.4 Å². The van der Waals surface area contributed by atoms with E-state index in [4.69, 9.17) is 0 Å². The average molecular weight is 269 g/mol. The van der Waals surface area contributed by atoms with Crippen LogP contribution >= 0.6 is 11.3 Å². The largest absolute Gasteiger partial charge is 0.480 e. The van der Waals surface area contributed by atoms with Gasteiger partial charge in [-0.15, -0.1) is 11.3 Å². The first-order chi connectivity index (χ1) is 8.05. The van der Waals surface area contributed by atoms with Crippen molar-refractivity contribution in [3.05, 3.63) is 21.9 Å². The van der Waals surface area contributed by atoms with Crippen LogP contribution in [0.15, 0.2) is 12.1 Å². The number of rotatable bonds is 4. The minimum absolute atomic E-state index is 0.157. The number of likely N-dealkylation sites (N-methyl/N-ethyl adjacent to an activating group) is 1. The lowest BCUT2D eigenvalue weighted by Gasteiger charge is -2.31. The Morgan fingerprint density at radius 1 is 1.28 bits per heavy atom. The summed E-state index contributed by atoms with van der Waals surface area (Å²) in [5.41, 5.74) is -0.685. The molecule has 1 aromatic rings. The molecular formula is C14H23NO2S. The number of carbonyl (C=O) groups is 1. The van der Waals surface area contributed by atoms with E-state index in [2.05, 4.69) is 32.9 Å². The van der Waals surface area contributed by atoms with Crippen molar-refractivity contribution in [2.75, 3.05) is 7.05 Å². The summed E-state index contributed by atoms with van der Waals surface area (Å²) in [6, 6.07) is 4.24. The summed E-state index contributed by atoms with van der Waals surface area (Å²) in [4.78, 5) is 15.6. The van der Waals surface area contributed by atoms with E-state index >= 15 is 0 Å². The van der Waals surface area contributed by atoms with Gasteiger partial charge in [0, 0.05) is 16.3 Å². The van der Waals surface area contributed by atoms with Crippen LogP contribution in [-0.4, -0.2) is 28.6 Å². The highest BCUT2D eigenvalue weighted by molar-refractivity contribution is 7.12. The highest BCUT2D eigenvalue weighted by atomic mass is 32.1. The van der Waals surface area contributed by atoms with Gasteiger partial charge in [-0.1, -0.05) is 20.8 Å². The number of nitrogens with zero attached hydrogens (tertiary/aromatic N) is 1. The van der Waals surface area contributed by atoms with Gasteiger partial charge in [0.25, 0.3) is 0 Å². The maximum atomic E-state index is 11.2. The standard InChI is InChI=1S/C14H23NO2S/c1-13(2,3)11-8-7-10(18-11)9-15(6)14(4,5)12(16)17/h7-8H,9H2,1-6H3,(H,16,17). The number of hydrogen-bond acceptors (Lipinski definition) is 3. The second-order valence-corrected chi connectivity index (χ2v) is 7.40. The zero-order chi connectivity index (χ0) is 14.1. The third kappa shape index (κ3) is 3.33. The molecule has 18 heavy (non-hydrogen) atoms. The van der Waals surface area contributed by atoms with E-state index in [0.29, 0.717) is 6.54 Å². The van der Waals surface area contributed by atoms with Crippen molar-refractivity contribution in [1.29, 1.82) is 0 Å². The van der Waals surface area contributed by atoms with E-state index in [0.717, 1.165) is 0 Å². The molecule has 0 spiro atoms. The van der Waals surface area contributed by atoms with Crippen LogP contribution in [0.1, 0.15) is 44.4 Å². The average Bonchev–Trinajstić information content (AvgIpc) is 2.65. The van der Waals surface area contributed by atoms with Gasteiger partial charge >= 0.3 is 5.97 Å². The van der Waals surface area contributed by atoms with Gasteiger partial charge in [-0.25, -0.2) is 0 Å².